The van der Waals surface area contributed by atoms with Crippen LogP contribution >= 0.6 is 0 Å². The van der Waals surface area contributed by atoms with Gasteiger partial charge in [-0.25, -0.2) is 4.39 Å². The van der Waals surface area contributed by atoms with E-state index in [1.165, 1.54) is 6.07 Å². The third-order valence-electron chi connectivity index (χ3n) is 5.50. The number of hydrogen-bond donors (Lipinski definition) is 1. The second-order valence-corrected chi connectivity index (χ2v) is 7.40. The number of halogens is 1. The molecule has 4 rings (SSSR count). The number of para-hydroxylation sites is 1. The maximum absolute atomic E-state index is 13.4. The Kier molecular flexibility index (Phi) is 5.39. The number of amides is 1. The van der Waals surface area contributed by atoms with Gasteiger partial charge in [0.2, 0.25) is 5.91 Å². The fraction of sp³-hybridized carbons (Fsp3) is 0.409. The van der Waals surface area contributed by atoms with Crippen LogP contribution in [-0.4, -0.2) is 36.5 Å². The van der Waals surface area contributed by atoms with Crippen molar-refractivity contribution in [3.05, 3.63) is 65.5 Å². The zero-order chi connectivity index (χ0) is 18.6. The normalized spacial score (nSPS) is 22.1. The molecule has 2 aromatic rings. The van der Waals surface area contributed by atoms with Crippen molar-refractivity contribution in [1.82, 2.24) is 10.2 Å². The van der Waals surface area contributed by atoms with Gasteiger partial charge in [0, 0.05) is 18.0 Å². The summed E-state index contributed by atoms with van der Waals surface area (Å²) in [4.78, 5) is 14.9. The van der Waals surface area contributed by atoms with Crippen LogP contribution in [-0.2, 0) is 11.2 Å². The van der Waals surface area contributed by atoms with E-state index < -0.39 is 0 Å². The highest BCUT2D eigenvalue weighted by atomic mass is 19.1. The highest BCUT2D eigenvalue weighted by Gasteiger charge is 2.28. The van der Waals surface area contributed by atoms with Crippen molar-refractivity contribution in [3.8, 4) is 5.75 Å². The second-order valence-electron chi connectivity index (χ2n) is 7.40. The Balaban J connectivity index is 1.36. The molecule has 27 heavy (non-hydrogen) atoms. The zero-order valence-corrected chi connectivity index (χ0v) is 15.4. The zero-order valence-electron chi connectivity index (χ0n) is 15.4. The maximum atomic E-state index is 13.4. The fourth-order valence-electron chi connectivity index (χ4n) is 4.19. The summed E-state index contributed by atoms with van der Waals surface area (Å²) in [6, 6.07) is 15.0. The van der Waals surface area contributed by atoms with Crippen molar-refractivity contribution in [1.29, 1.82) is 0 Å². The van der Waals surface area contributed by atoms with Crippen LogP contribution in [0.1, 0.15) is 36.4 Å². The van der Waals surface area contributed by atoms with Gasteiger partial charge in [0.25, 0.3) is 0 Å². The number of carbonyl (C=O) groups is 1. The molecule has 2 aromatic carbocycles. The molecule has 5 heteroatoms. The van der Waals surface area contributed by atoms with Gasteiger partial charge in [0.15, 0.2) is 0 Å². The molecule has 2 aliphatic rings. The lowest BCUT2D eigenvalue weighted by Crippen LogP contribution is -2.42. The molecule has 0 saturated carbocycles. The highest BCUT2D eigenvalue weighted by Crippen LogP contribution is 2.31. The molecule has 1 N–H and O–H groups in total. The quantitative estimate of drug-likeness (QED) is 0.879. The molecule has 1 saturated heterocycles. The van der Waals surface area contributed by atoms with Crippen molar-refractivity contribution in [2.24, 2.45) is 0 Å². The monoisotopic (exact) mass is 368 g/mol. The first-order valence-corrected chi connectivity index (χ1v) is 9.68. The predicted octanol–water partition coefficient (Wildman–Crippen LogP) is 3.47. The van der Waals surface area contributed by atoms with E-state index in [0.717, 1.165) is 49.1 Å². The van der Waals surface area contributed by atoms with Crippen molar-refractivity contribution < 1.29 is 13.9 Å². The van der Waals surface area contributed by atoms with Crippen LogP contribution in [0.4, 0.5) is 4.39 Å². The molecule has 142 valence electrons. The van der Waals surface area contributed by atoms with Crippen LogP contribution in [0.25, 0.3) is 0 Å². The number of nitrogens with one attached hydrogen (secondary N) is 1. The summed E-state index contributed by atoms with van der Waals surface area (Å²) in [7, 11) is 0. The summed E-state index contributed by atoms with van der Waals surface area (Å²) in [6.45, 7) is 1.92. The molecule has 2 heterocycles. The number of hydrogen-bond acceptors (Lipinski definition) is 3. The third kappa shape index (κ3) is 4.30. The molecule has 0 radical (unpaired) electrons. The van der Waals surface area contributed by atoms with Gasteiger partial charge in [-0.05, 0) is 49.6 Å². The summed E-state index contributed by atoms with van der Waals surface area (Å²) >= 11 is 0. The number of benzene rings is 2. The maximum Gasteiger partial charge on any atom is 0.234 e. The molecule has 1 fully saturated rings. The van der Waals surface area contributed by atoms with Gasteiger partial charge in [0.05, 0.1) is 19.2 Å². The summed E-state index contributed by atoms with van der Waals surface area (Å²) in [5.74, 6) is 0.704. The molecule has 4 nitrogen and oxygen atoms in total. The molecular formula is C22H25FN2O2. The summed E-state index contributed by atoms with van der Waals surface area (Å²) in [5.41, 5.74) is 2.04. The Morgan fingerprint density at radius 1 is 1.19 bits per heavy atom. The van der Waals surface area contributed by atoms with E-state index in [1.54, 1.807) is 12.1 Å². The van der Waals surface area contributed by atoms with Crippen molar-refractivity contribution in [3.63, 3.8) is 0 Å². The predicted molar refractivity (Wildman–Crippen MR) is 102 cm³/mol. The number of carbonyl (C=O) groups excluding carboxylic acids is 1. The van der Waals surface area contributed by atoms with Crippen molar-refractivity contribution in [2.45, 2.75) is 37.8 Å². The topological polar surface area (TPSA) is 41.6 Å². The lowest BCUT2D eigenvalue weighted by atomic mass is 10.0. The van der Waals surface area contributed by atoms with Gasteiger partial charge in [-0.1, -0.05) is 30.3 Å². The molecule has 2 atom stereocenters. The van der Waals surface area contributed by atoms with Crippen molar-refractivity contribution >= 4 is 5.91 Å². The Hall–Kier alpha value is -2.40. The Bertz CT molecular complexity index is 810. The number of rotatable bonds is 5. The first kappa shape index (κ1) is 18.0. The number of likely N-dealkylation sites (tertiary alicyclic amines) is 1. The van der Waals surface area contributed by atoms with Gasteiger partial charge >= 0.3 is 0 Å². The summed E-state index contributed by atoms with van der Waals surface area (Å²) in [5, 5.41) is 3.17. The minimum absolute atomic E-state index is 0.00622. The van der Waals surface area contributed by atoms with Gasteiger partial charge in [-0.2, -0.15) is 0 Å². The summed E-state index contributed by atoms with van der Waals surface area (Å²) < 4.78 is 19.1. The average molecular weight is 368 g/mol. The molecule has 0 aliphatic carbocycles. The van der Waals surface area contributed by atoms with Crippen molar-refractivity contribution in [2.75, 3.05) is 19.7 Å². The van der Waals surface area contributed by atoms with E-state index in [9.17, 15) is 9.18 Å². The SMILES string of the molecule is O=C(CN1CCCC1Cc1cccc(F)c1)NC1CCOc2ccccc21. The smallest absolute Gasteiger partial charge is 0.234 e. The second kappa shape index (κ2) is 8.09. The van der Waals surface area contributed by atoms with E-state index in [2.05, 4.69) is 10.2 Å². The van der Waals surface area contributed by atoms with Gasteiger partial charge < -0.3 is 10.1 Å². The molecule has 0 spiro atoms. The first-order valence-electron chi connectivity index (χ1n) is 9.68. The van der Waals surface area contributed by atoms with Crippen LogP contribution in [0.15, 0.2) is 48.5 Å². The molecule has 1 amide bonds. The van der Waals surface area contributed by atoms with Crippen LogP contribution in [0.2, 0.25) is 0 Å². The number of ether oxygens (including phenoxy) is 1. The standard InChI is InChI=1S/C22H25FN2O2/c23-17-6-3-5-16(13-17)14-18-7-4-11-25(18)15-22(26)24-20-10-12-27-21-9-2-1-8-19(20)21/h1-3,5-6,8-9,13,18,20H,4,7,10-12,14-15H2,(H,24,26). The first-order chi connectivity index (χ1) is 13.2. The minimum atomic E-state index is -0.201. The fourth-order valence-corrected chi connectivity index (χ4v) is 4.19. The van der Waals surface area contributed by atoms with Gasteiger partial charge in [-0.15, -0.1) is 0 Å². The van der Waals surface area contributed by atoms with Crippen LogP contribution in [0, 0.1) is 5.82 Å². The highest BCUT2D eigenvalue weighted by molar-refractivity contribution is 5.78. The number of fused-ring (bicyclic) bond motifs is 1. The van der Waals surface area contributed by atoms with E-state index in [4.69, 9.17) is 4.74 Å². The van der Waals surface area contributed by atoms with Crippen LogP contribution in [0.5, 0.6) is 5.75 Å². The Morgan fingerprint density at radius 2 is 2.07 bits per heavy atom. The third-order valence-corrected chi connectivity index (χ3v) is 5.50. The van der Waals surface area contributed by atoms with Gasteiger partial charge in [0.1, 0.15) is 11.6 Å². The molecule has 2 unspecified atom stereocenters. The van der Waals surface area contributed by atoms with E-state index in [-0.39, 0.29) is 17.8 Å². The Morgan fingerprint density at radius 3 is 2.96 bits per heavy atom. The van der Waals surface area contributed by atoms with E-state index in [0.29, 0.717) is 19.2 Å². The molecule has 0 bridgehead atoms. The Labute approximate surface area is 159 Å². The van der Waals surface area contributed by atoms with Crippen LogP contribution in [0.3, 0.4) is 0 Å². The number of nitrogens with zero attached hydrogens (tertiary/aromatic N) is 1. The lowest BCUT2D eigenvalue weighted by molar-refractivity contribution is -0.123. The largest absolute Gasteiger partial charge is 0.493 e. The minimum Gasteiger partial charge on any atom is -0.493 e. The van der Waals surface area contributed by atoms with Gasteiger partial charge in [-0.3, -0.25) is 9.69 Å². The average Bonchev–Trinajstić information content (AvgIpc) is 3.08. The van der Waals surface area contributed by atoms with E-state index in [1.807, 2.05) is 30.3 Å². The molecule has 0 aromatic heterocycles. The molecular weight excluding hydrogens is 343 g/mol. The lowest BCUT2D eigenvalue weighted by Gasteiger charge is -2.29. The van der Waals surface area contributed by atoms with E-state index >= 15 is 0 Å². The van der Waals surface area contributed by atoms with Crippen LogP contribution < -0.4 is 10.1 Å². The molecule has 2 aliphatic heterocycles. The summed E-state index contributed by atoms with van der Waals surface area (Å²) in [6.07, 6.45) is 3.69.